The van der Waals surface area contributed by atoms with E-state index in [-0.39, 0.29) is 0 Å². The van der Waals surface area contributed by atoms with Gasteiger partial charge in [-0.15, -0.1) is 0 Å². The van der Waals surface area contributed by atoms with Crippen LogP contribution in [0, 0.1) is 0 Å². The Kier molecular flexibility index (Phi) is 7.74. The van der Waals surface area contributed by atoms with E-state index in [2.05, 4.69) is 34.5 Å². The third-order valence-corrected chi connectivity index (χ3v) is 4.38. The highest BCUT2D eigenvalue weighted by molar-refractivity contribution is 5.73. The molecule has 1 aliphatic heterocycles. The summed E-state index contributed by atoms with van der Waals surface area (Å²) in [5.74, 6) is -2.76. The number of nitrogens with zero attached hydrogens (tertiary/aromatic N) is 4. The zero-order valence-electron chi connectivity index (χ0n) is 16.6. The Balaban J connectivity index is 0.000000370. The van der Waals surface area contributed by atoms with Gasteiger partial charge in [-0.1, -0.05) is 6.07 Å². The van der Waals surface area contributed by atoms with Crippen molar-refractivity contribution in [3.8, 4) is 0 Å². The van der Waals surface area contributed by atoms with Gasteiger partial charge in [0.1, 0.15) is 0 Å². The molecule has 160 valence electrons. The second kappa shape index (κ2) is 9.84. The summed E-state index contributed by atoms with van der Waals surface area (Å²) in [6.45, 7) is 7.83. The lowest BCUT2D eigenvalue weighted by Crippen LogP contribution is -2.31. The van der Waals surface area contributed by atoms with E-state index in [0.29, 0.717) is 12.6 Å². The topological polar surface area (TPSA) is 80.5 Å². The number of carbonyl (C=O) groups is 1. The summed E-state index contributed by atoms with van der Waals surface area (Å²) < 4.78 is 39.2. The summed E-state index contributed by atoms with van der Waals surface area (Å²) >= 11 is 0. The third kappa shape index (κ3) is 6.26. The number of fused-ring (bicyclic) bond motifs is 1. The minimum absolute atomic E-state index is 0.370. The maximum absolute atomic E-state index is 10.6. The second-order valence-corrected chi connectivity index (χ2v) is 6.93. The molecule has 1 aliphatic rings. The molecule has 0 radical (unpaired) electrons. The average molecular weight is 414 g/mol. The molecule has 0 aliphatic carbocycles. The zero-order chi connectivity index (χ0) is 21.6. The smallest absolute Gasteiger partial charge is 0.475 e. The van der Waals surface area contributed by atoms with Crippen LogP contribution in [0.2, 0.25) is 0 Å². The van der Waals surface area contributed by atoms with Crippen molar-refractivity contribution in [1.82, 2.24) is 19.7 Å². The normalized spacial score (nSPS) is 14.3. The van der Waals surface area contributed by atoms with Crippen molar-refractivity contribution >= 4 is 5.97 Å². The number of alkyl halides is 3. The molecule has 2 aromatic heterocycles. The van der Waals surface area contributed by atoms with E-state index >= 15 is 0 Å². The third-order valence-electron chi connectivity index (χ3n) is 4.38. The molecular formula is C19H25F3N4O3. The first-order valence-corrected chi connectivity index (χ1v) is 9.14. The first-order valence-electron chi connectivity index (χ1n) is 9.14. The largest absolute Gasteiger partial charge is 0.490 e. The maximum Gasteiger partial charge on any atom is 0.490 e. The van der Waals surface area contributed by atoms with Crippen molar-refractivity contribution in [2.24, 2.45) is 0 Å². The van der Waals surface area contributed by atoms with Crippen LogP contribution in [0.15, 0.2) is 24.4 Å². The van der Waals surface area contributed by atoms with E-state index in [4.69, 9.17) is 19.7 Å². The van der Waals surface area contributed by atoms with Gasteiger partial charge in [0, 0.05) is 44.5 Å². The standard InChI is InChI=1S/C17H24N4O.C2HF3O2/c1-13(2)21-17-11-20(10-14-6-4-5-8-18-14)9-7-15(17)16(19-21)12-22-3;3-2(4,5)1(6)7/h4-6,8,13H,7,9-12H2,1-3H3;(H,6,7). The molecule has 0 amide bonds. The molecule has 0 atom stereocenters. The molecule has 2 aromatic rings. The van der Waals surface area contributed by atoms with Crippen molar-refractivity contribution in [2.45, 2.75) is 52.2 Å². The van der Waals surface area contributed by atoms with E-state index < -0.39 is 12.1 Å². The Labute approximate surface area is 167 Å². The Hall–Kier alpha value is -2.46. The molecule has 1 N–H and O–H groups in total. The van der Waals surface area contributed by atoms with Gasteiger partial charge in [0.05, 0.1) is 23.7 Å². The number of carboxylic acid groups (broad SMARTS) is 1. The molecule has 0 bridgehead atoms. The van der Waals surface area contributed by atoms with Crippen LogP contribution in [0.4, 0.5) is 13.2 Å². The molecule has 0 unspecified atom stereocenters. The molecule has 10 heteroatoms. The van der Waals surface area contributed by atoms with Crippen molar-refractivity contribution in [1.29, 1.82) is 0 Å². The predicted octanol–water partition coefficient (Wildman–Crippen LogP) is 3.20. The SMILES string of the molecule is COCc1nn(C(C)C)c2c1CCN(Cc1ccccn1)C2.O=C(O)C(F)(F)F. The highest BCUT2D eigenvalue weighted by Gasteiger charge is 2.38. The second-order valence-electron chi connectivity index (χ2n) is 6.93. The molecule has 3 rings (SSSR count). The van der Waals surface area contributed by atoms with Gasteiger partial charge in [0.15, 0.2) is 0 Å². The van der Waals surface area contributed by atoms with Gasteiger partial charge in [-0.3, -0.25) is 14.6 Å². The number of aliphatic carboxylic acids is 1. The van der Waals surface area contributed by atoms with E-state index in [1.165, 1.54) is 11.3 Å². The quantitative estimate of drug-likeness (QED) is 0.809. The van der Waals surface area contributed by atoms with Crippen molar-refractivity contribution in [3.05, 3.63) is 47.0 Å². The van der Waals surface area contributed by atoms with Crippen molar-refractivity contribution in [3.63, 3.8) is 0 Å². The van der Waals surface area contributed by atoms with Gasteiger partial charge in [-0.25, -0.2) is 4.79 Å². The van der Waals surface area contributed by atoms with Crippen LogP contribution >= 0.6 is 0 Å². The predicted molar refractivity (Wildman–Crippen MR) is 99.1 cm³/mol. The molecule has 0 fully saturated rings. The number of ether oxygens (including phenoxy) is 1. The number of aromatic nitrogens is 3. The number of pyridine rings is 1. The molecule has 0 saturated heterocycles. The highest BCUT2D eigenvalue weighted by atomic mass is 19.4. The minimum atomic E-state index is -5.08. The Bertz CT molecular complexity index is 807. The van der Waals surface area contributed by atoms with Gasteiger partial charge < -0.3 is 9.84 Å². The minimum Gasteiger partial charge on any atom is -0.475 e. The maximum atomic E-state index is 10.6. The monoisotopic (exact) mass is 414 g/mol. The first-order chi connectivity index (χ1) is 13.6. The lowest BCUT2D eigenvalue weighted by atomic mass is 10.0. The summed E-state index contributed by atoms with van der Waals surface area (Å²) in [5.41, 5.74) is 4.94. The molecule has 0 saturated carbocycles. The van der Waals surface area contributed by atoms with Crippen LogP contribution in [0.25, 0.3) is 0 Å². The van der Waals surface area contributed by atoms with Crippen LogP contribution in [-0.4, -0.2) is 50.6 Å². The number of halogens is 3. The van der Waals surface area contributed by atoms with E-state index in [0.717, 1.165) is 37.4 Å². The van der Waals surface area contributed by atoms with E-state index in [9.17, 15) is 13.2 Å². The first kappa shape index (κ1) is 22.8. The summed E-state index contributed by atoms with van der Waals surface area (Å²) in [4.78, 5) is 15.8. The summed E-state index contributed by atoms with van der Waals surface area (Å²) in [5, 5.41) is 11.9. The summed E-state index contributed by atoms with van der Waals surface area (Å²) in [6, 6.07) is 6.47. The molecule has 29 heavy (non-hydrogen) atoms. The van der Waals surface area contributed by atoms with Gasteiger partial charge in [-0.2, -0.15) is 18.3 Å². The molecule has 0 aromatic carbocycles. The van der Waals surface area contributed by atoms with Gasteiger partial charge in [0.2, 0.25) is 0 Å². The van der Waals surface area contributed by atoms with Crippen molar-refractivity contribution in [2.75, 3.05) is 13.7 Å². The fourth-order valence-electron chi connectivity index (χ4n) is 3.11. The summed E-state index contributed by atoms with van der Waals surface area (Å²) in [6.07, 6.45) is -2.19. The fraction of sp³-hybridized carbons (Fsp3) is 0.526. The fourth-order valence-corrected chi connectivity index (χ4v) is 3.11. The van der Waals surface area contributed by atoms with Crippen LogP contribution in [-0.2, 0) is 35.6 Å². The lowest BCUT2D eigenvalue weighted by Gasteiger charge is -2.28. The molecule has 0 spiro atoms. The highest BCUT2D eigenvalue weighted by Crippen LogP contribution is 2.26. The summed E-state index contributed by atoms with van der Waals surface area (Å²) in [7, 11) is 1.73. The van der Waals surface area contributed by atoms with Gasteiger partial charge in [0.25, 0.3) is 0 Å². The zero-order valence-corrected chi connectivity index (χ0v) is 16.6. The van der Waals surface area contributed by atoms with Crippen molar-refractivity contribution < 1.29 is 27.8 Å². The lowest BCUT2D eigenvalue weighted by molar-refractivity contribution is -0.192. The number of hydrogen-bond donors (Lipinski definition) is 1. The van der Waals surface area contributed by atoms with Crippen LogP contribution in [0.3, 0.4) is 0 Å². The molecular weight excluding hydrogens is 389 g/mol. The van der Waals surface area contributed by atoms with Crippen LogP contribution in [0.1, 0.15) is 42.5 Å². The van der Waals surface area contributed by atoms with Gasteiger partial charge in [-0.05, 0) is 32.4 Å². The van der Waals surface area contributed by atoms with Gasteiger partial charge >= 0.3 is 12.1 Å². The van der Waals surface area contributed by atoms with E-state index in [1.807, 2.05) is 18.3 Å². The Morgan fingerprint density at radius 3 is 2.55 bits per heavy atom. The number of carboxylic acids is 1. The number of methoxy groups -OCH3 is 1. The van der Waals surface area contributed by atoms with E-state index in [1.54, 1.807) is 7.11 Å². The number of rotatable bonds is 5. The molecule has 7 nitrogen and oxygen atoms in total. The molecule has 3 heterocycles. The number of hydrogen-bond acceptors (Lipinski definition) is 5. The van der Waals surface area contributed by atoms with Crippen LogP contribution in [0.5, 0.6) is 0 Å². The average Bonchev–Trinajstić information content (AvgIpc) is 3.01. The Morgan fingerprint density at radius 2 is 2.03 bits per heavy atom. The van der Waals surface area contributed by atoms with Crippen LogP contribution < -0.4 is 0 Å². The Morgan fingerprint density at radius 1 is 1.34 bits per heavy atom.